The summed E-state index contributed by atoms with van der Waals surface area (Å²) in [4.78, 5) is 16.6. The molecular weight excluding hydrogens is 334 g/mol. The van der Waals surface area contributed by atoms with Crippen LogP contribution in [0.4, 0.5) is 0 Å². The van der Waals surface area contributed by atoms with Crippen molar-refractivity contribution in [3.05, 3.63) is 101 Å². The van der Waals surface area contributed by atoms with E-state index in [0.29, 0.717) is 11.3 Å². The maximum absolute atomic E-state index is 12.5. The number of nitrogens with one attached hydrogen (secondary N) is 1. The Labute approximate surface area is 160 Å². The van der Waals surface area contributed by atoms with Gasteiger partial charge in [0.1, 0.15) is 0 Å². The molecule has 0 aliphatic rings. The second kappa shape index (κ2) is 7.96. The third kappa shape index (κ3) is 4.67. The quantitative estimate of drug-likeness (QED) is 0.550. The molecule has 27 heavy (non-hydrogen) atoms. The van der Waals surface area contributed by atoms with E-state index >= 15 is 0 Å². The molecule has 0 saturated carbocycles. The fourth-order valence-corrected chi connectivity index (χ4v) is 2.69. The number of pyridine rings is 1. The predicted octanol–water partition coefficient (Wildman–Crippen LogP) is 4.56. The van der Waals surface area contributed by atoms with Gasteiger partial charge in [0, 0.05) is 29.1 Å². The predicted molar refractivity (Wildman–Crippen MR) is 109 cm³/mol. The zero-order valence-corrected chi connectivity index (χ0v) is 15.8. The summed E-state index contributed by atoms with van der Waals surface area (Å²) in [5.41, 5.74) is 7.00. The van der Waals surface area contributed by atoms with Gasteiger partial charge >= 0.3 is 0 Å². The van der Waals surface area contributed by atoms with Gasteiger partial charge in [0.05, 0.1) is 5.71 Å². The van der Waals surface area contributed by atoms with Crippen LogP contribution in [0.15, 0.2) is 84.2 Å². The highest BCUT2D eigenvalue weighted by Gasteiger charge is 2.14. The maximum atomic E-state index is 12.5. The van der Waals surface area contributed by atoms with Crippen LogP contribution in [0.25, 0.3) is 0 Å². The molecule has 0 fully saturated rings. The molecule has 1 N–H and O–H groups in total. The largest absolute Gasteiger partial charge is 0.271 e. The van der Waals surface area contributed by atoms with Crippen LogP contribution in [-0.2, 0) is 5.41 Å². The third-order valence-corrected chi connectivity index (χ3v) is 4.28. The minimum atomic E-state index is -0.238. The summed E-state index contributed by atoms with van der Waals surface area (Å²) in [6.45, 7) is 6.44. The number of aromatic nitrogens is 1. The van der Waals surface area contributed by atoms with Crippen molar-refractivity contribution in [1.82, 2.24) is 10.4 Å². The molecule has 0 aliphatic heterocycles. The fraction of sp³-hybridized carbons (Fsp3) is 0.174. The Kier molecular flexibility index (Phi) is 5.46. The zero-order valence-electron chi connectivity index (χ0n) is 15.8. The molecular formula is C23H23N3O. The van der Waals surface area contributed by atoms with E-state index in [2.05, 4.69) is 36.3 Å². The van der Waals surface area contributed by atoms with E-state index < -0.39 is 0 Å². The molecule has 0 unspecified atom stereocenters. The number of hydrogen-bond acceptors (Lipinski definition) is 3. The highest BCUT2D eigenvalue weighted by Crippen LogP contribution is 2.22. The highest BCUT2D eigenvalue weighted by atomic mass is 16.2. The minimum Gasteiger partial charge on any atom is -0.267 e. The van der Waals surface area contributed by atoms with E-state index in [0.717, 1.165) is 11.1 Å². The van der Waals surface area contributed by atoms with Crippen LogP contribution in [0.5, 0.6) is 0 Å². The van der Waals surface area contributed by atoms with Crippen LogP contribution < -0.4 is 5.43 Å². The Bertz CT molecular complexity index is 883. The number of hydrazone groups is 1. The highest BCUT2D eigenvalue weighted by molar-refractivity contribution is 6.13. The maximum Gasteiger partial charge on any atom is 0.271 e. The van der Waals surface area contributed by atoms with Gasteiger partial charge < -0.3 is 0 Å². The van der Waals surface area contributed by atoms with Crippen molar-refractivity contribution in [3.8, 4) is 0 Å². The van der Waals surface area contributed by atoms with Crippen LogP contribution in [0.1, 0.15) is 47.8 Å². The number of nitrogens with zero attached hydrogens (tertiary/aromatic N) is 2. The van der Waals surface area contributed by atoms with Gasteiger partial charge in [0.25, 0.3) is 5.91 Å². The monoisotopic (exact) mass is 357 g/mol. The molecule has 1 heterocycles. The van der Waals surface area contributed by atoms with Crippen LogP contribution in [0, 0.1) is 0 Å². The van der Waals surface area contributed by atoms with Crippen molar-refractivity contribution >= 4 is 11.6 Å². The summed E-state index contributed by atoms with van der Waals surface area (Å²) >= 11 is 0. The average molecular weight is 357 g/mol. The SMILES string of the molecule is CC(C)(C)c1ccc(C(=O)N/N=C(\c2ccccc2)c2ccncc2)cc1. The number of carbonyl (C=O) groups excluding carboxylic acids is 1. The molecule has 0 radical (unpaired) electrons. The van der Waals surface area contributed by atoms with E-state index in [9.17, 15) is 4.79 Å². The molecule has 0 atom stereocenters. The second-order valence-corrected chi connectivity index (χ2v) is 7.33. The summed E-state index contributed by atoms with van der Waals surface area (Å²) in [5.74, 6) is -0.238. The van der Waals surface area contributed by atoms with Crippen molar-refractivity contribution in [2.24, 2.45) is 5.10 Å². The lowest BCUT2D eigenvalue weighted by molar-refractivity contribution is 0.0955. The van der Waals surface area contributed by atoms with Gasteiger partial charge in [-0.25, -0.2) is 5.43 Å². The van der Waals surface area contributed by atoms with Crippen LogP contribution in [-0.4, -0.2) is 16.6 Å². The van der Waals surface area contributed by atoms with Crippen LogP contribution >= 0.6 is 0 Å². The van der Waals surface area contributed by atoms with Crippen LogP contribution in [0.2, 0.25) is 0 Å². The first-order chi connectivity index (χ1) is 12.9. The molecule has 4 heteroatoms. The van der Waals surface area contributed by atoms with E-state index in [1.807, 2.05) is 66.7 Å². The molecule has 136 valence electrons. The van der Waals surface area contributed by atoms with Crippen molar-refractivity contribution in [2.45, 2.75) is 26.2 Å². The molecule has 0 saturated heterocycles. The van der Waals surface area contributed by atoms with E-state index in [1.54, 1.807) is 12.4 Å². The lowest BCUT2D eigenvalue weighted by Crippen LogP contribution is -2.21. The lowest BCUT2D eigenvalue weighted by Gasteiger charge is -2.18. The summed E-state index contributed by atoms with van der Waals surface area (Å²) in [6, 6.07) is 21.1. The third-order valence-electron chi connectivity index (χ3n) is 4.28. The van der Waals surface area contributed by atoms with Crippen molar-refractivity contribution < 1.29 is 4.79 Å². The Balaban J connectivity index is 1.85. The topological polar surface area (TPSA) is 54.4 Å². The van der Waals surface area contributed by atoms with Crippen molar-refractivity contribution in [2.75, 3.05) is 0 Å². The molecule has 0 aliphatic carbocycles. The van der Waals surface area contributed by atoms with Gasteiger partial charge in [-0.1, -0.05) is 63.2 Å². The summed E-state index contributed by atoms with van der Waals surface area (Å²) in [5, 5.41) is 4.40. The molecule has 3 rings (SSSR count). The van der Waals surface area contributed by atoms with Gasteiger partial charge in [-0.05, 0) is 35.2 Å². The molecule has 1 amide bonds. The van der Waals surface area contributed by atoms with Crippen LogP contribution in [0.3, 0.4) is 0 Å². The molecule has 3 aromatic rings. The first kappa shape index (κ1) is 18.5. The lowest BCUT2D eigenvalue weighted by atomic mass is 9.87. The molecule has 1 aromatic heterocycles. The second-order valence-electron chi connectivity index (χ2n) is 7.33. The molecule has 0 spiro atoms. The first-order valence-electron chi connectivity index (χ1n) is 8.89. The van der Waals surface area contributed by atoms with Crippen molar-refractivity contribution in [3.63, 3.8) is 0 Å². The number of carbonyl (C=O) groups is 1. The Hall–Kier alpha value is -3.27. The summed E-state index contributed by atoms with van der Waals surface area (Å²) in [6.07, 6.45) is 3.42. The van der Waals surface area contributed by atoms with Gasteiger partial charge in [-0.2, -0.15) is 5.10 Å². The molecule has 2 aromatic carbocycles. The van der Waals surface area contributed by atoms with Gasteiger partial charge in [0.2, 0.25) is 0 Å². The Morgan fingerprint density at radius 2 is 1.41 bits per heavy atom. The van der Waals surface area contributed by atoms with Gasteiger partial charge in [-0.3, -0.25) is 9.78 Å². The van der Waals surface area contributed by atoms with E-state index in [4.69, 9.17) is 0 Å². The molecule has 0 bridgehead atoms. The summed E-state index contributed by atoms with van der Waals surface area (Å²) < 4.78 is 0. The average Bonchev–Trinajstić information content (AvgIpc) is 2.69. The van der Waals surface area contributed by atoms with E-state index in [-0.39, 0.29) is 11.3 Å². The van der Waals surface area contributed by atoms with Gasteiger partial charge in [-0.15, -0.1) is 0 Å². The van der Waals surface area contributed by atoms with Crippen molar-refractivity contribution in [1.29, 1.82) is 0 Å². The van der Waals surface area contributed by atoms with E-state index in [1.165, 1.54) is 5.56 Å². The van der Waals surface area contributed by atoms with Gasteiger partial charge in [0.15, 0.2) is 0 Å². The minimum absolute atomic E-state index is 0.0506. The number of amides is 1. The standard InChI is InChI=1S/C23H23N3O/c1-23(2,3)20-11-9-19(10-12-20)22(27)26-25-21(17-7-5-4-6-8-17)18-13-15-24-16-14-18/h4-16H,1-3H3,(H,26,27)/b25-21+. The summed E-state index contributed by atoms with van der Waals surface area (Å²) in [7, 11) is 0. The zero-order chi connectivity index (χ0) is 19.3. The number of hydrogen-bond donors (Lipinski definition) is 1. The molecule has 4 nitrogen and oxygen atoms in total. The first-order valence-corrected chi connectivity index (χ1v) is 8.89. The normalized spacial score (nSPS) is 11.9. The Morgan fingerprint density at radius 1 is 0.815 bits per heavy atom. The smallest absolute Gasteiger partial charge is 0.267 e. The fourth-order valence-electron chi connectivity index (χ4n) is 2.69. The Morgan fingerprint density at radius 3 is 2.00 bits per heavy atom. The number of rotatable bonds is 4. The number of benzene rings is 2.